The molecule has 5 rings (SSSR count). The molecule has 0 N–H and O–H groups in total. The second kappa shape index (κ2) is 10.5. The third-order valence-electron chi connectivity index (χ3n) is 8.08. The predicted octanol–water partition coefficient (Wildman–Crippen LogP) is 6.78. The van der Waals surface area contributed by atoms with Gasteiger partial charge in [0.2, 0.25) is 5.91 Å². The third kappa shape index (κ3) is 5.01. The number of likely N-dealkylation sites (tertiary alicyclic amines) is 1. The van der Waals surface area contributed by atoms with Gasteiger partial charge >= 0.3 is 0 Å². The van der Waals surface area contributed by atoms with Crippen LogP contribution in [0.3, 0.4) is 0 Å². The van der Waals surface area contributed by atoms with Crippen LogP contribution in [0.25, 0.3) is 0 Å². The smallest absolute Gasteiger partial charge is 0.244 e. The zero-order valence-corrected chi connectivity index (χ0v) is 24.6. The summed E-state index contributed by atoms with van der Waals surface area (Å²) in [6.07, 6.45) is 1.98. The molecule has 0 atom stereocenters. The summed E-state index contributed by atoms with van der Waals surface area (Å²) >= 11 is 5.88. The van der Waals surface area contributed by atoms with Gasteiger partial charge in [0.05, 0.1) is 21.0 Å². The number of benzene rings is 1. The Morgan fingerprint density at radius 2 is 1.56 bits per heavy atom. The second-order valence-corrected chi connectivity index (χ2v) is 13.6. The maximum atomic E-state index is 12.8. The number of aromatic nitrogens is 3. The first-order chi connectivity index (χ1) is 17.2. The quantitative estimate of drug-likeness (QED) is 0.365. The van der Waals surface area contributed by atoms with Gasteiger partial charge in [0.1, 0.15) is 6.54 Å². The van der Waals surface area contributed by atoms with Gasteiger partial charge in [-0.1, -0.05) is 0 Å². The van der Waals surface area contributed by atoms with E-state index in [1.807, 2.05) is 64.4 Å². The lowest BCUT2D eigenvalue weighted by Gasteiger charge is -2.31. The fourth-order valence-corrected chi connectivity index (χ4v) is 9.41. The lowest BCUT2D eigenvalue weighted by atomic mass is 9.90. The molecule has 5 nitrogen and oxygen atoms in total. The Hall–Kier alpha value is -1.77. The second-order valence-electron chi connectivity index (χ2n) is 10.3. The van der Waals surface area contributed by atoms with E-state index in [1.54, 1.807) is 11.1 Å². The summed E-state index contributed by atoms with van der Waals surface area (Å²) in [6, 6.07) is 2.02. The number of thiazole rings is 1. The summed E-state index contributed by atoms with van der Waals surface area (Å²) in [7, 11) is 0. The van der Waals surface area contributed by atoms with Gasteiger partial charge in [0.15, 0.2) is 0 Å². The standard InChI is InChI=1S/C28H36N4OS3/c1-16-11-17(2)32(30-16)12-26(33)31-9-7-22(8-10-31)27-29-25(15-34-27)28-35-13-23-20(5)18(3)19(4)21(6)24(23)14-36-28/h11,15,22,28H,7-10,12-14H2,1-6H3. The van der Waals surface area contributed by atoms with Crippen molar-refractivity contribution in [3.8, 4) is 0 Å². The minimum atomic E-state index is 0.168. The molecule has 0 unspecified atom stereocenters. The Balaban J connectivity index is 1.20. The maximum absolute atomic E-state index is 12.8. The van der Waals surface area contributed by atoms with Crippen LogP contribution in [0.1, 0.15) is 78.8 Å². The van der Waals surface area contributed by atoms with Crippen molar-refractivity contribution in [3.63, 3.8) is 0 Å². The SMILES string of the molecule is Cc1cc(C)n(CC(=O)N2CCC(c3nc(C4SCc5c(C)c(C)c(C)c(C)c5CS4)cs3)CC2)n1. The number of rotatable bonds is 4. The number of thioether (sulfide) groups is 2. The molecule has 3 aromatic rings. The first-order valence-electron chi connectivity index (χ1n) is 12.8. The van der Waals surface area contributed by atoms with Crippen LogP contribution in [0, 0.1) is 41.5 Å². The van der Waals surface area contributed by atoms with Crippen LogP contribution in [0.5, 0.6) is 0 Å². The number of hydrogen-bond donors (Lipinski definition) is 0. The number of carbonyl (C=O) groups is 1. The molecular formula is C28H36N4OS3. The Morgan fingerprint density at radius 1 is 0.944 bits per heavy atom. The number of hydrogen-bond acceptors (Lipinski definition) is 6. The highest BCUT2D eigenvalue weighted by Gasteiger charge is 2.29. The number of nitrogens with zero attached hydrogens (tertiary/aromatic N) is 4. The summed E-state index contributed by atoms with van der Waals surface area (Å²) in [4.78, 5) is 20.0. The molecule has 0 radical (unpaired) electrons. The summed E-state index contributed by atoms with van der Waals surface area (Å²) < 4.78 is 2.20. The van der Waals surface area contributed by atoms with E-state index in [4.69, 9.17) is 4.98 Å². The first kappa shape index (κ1) is 25.9. The average molecular weight is 541 g/mol. The molecule has 2 aromatic heterocycles. The van der Waals surface area contributed by atoms with Crippen molar-refractivity contribution in [2.24, 2.45) is 0 Å². The van der Waals surface area contributed by atoms with Crippen LogP contribution >= 0.6 is 34.9 Å². The van der Waals surface area contributed by atoms with E-state index in [2.05, 4.69) is 38.2 Å². The zero-order valence-electron chi connectivity index (χ0n) is 22.2. The highest BCUT2D eigenvalue weighted by atomic mass is 32.2. The fourth-order valence-electron chi connectivity index (χ4n) is 5.43. The van der Waals surface area contributed by atoms with Crippen molar-refractivity contribution in [3.05, 3.63) is 66.9 Å². The van der Waals surface area contributed by atoms with Gasteiger partial charge in [-0.3, -0.25) is 9.48 Å². The Labute approximate surface area is 227 Å². The minimum Gasteiger partial charge on any atom is -0.341 e. The number of piperidine rings is 1. The summed E-state index contributed by atoms with van der Waals surface area (Å²) in [6.45, 7) is 15.0. The summed E-state index contributed by atoms with van der Waals surface area (Å²) in [5, 5.41) is 7.98. The Morgan fingerprint density at radius 3 is 2.11 bits per heavy atom. The topological polar surface area (TPSA) is 51.0 Å². The van der Waals surface area contributed by atoms with Crippen LogP contribution in [0.2, 0.25) is 0 Å². The fraction of sp³-hybridized carbons (Fsp3) is 0.536. The lowest BCUT2D eigenvalue weighted by molar-refractivity contribution is -0.133. The van der Waals surface area contributed by atoms with Gasteiger partial charge in [-0.25, -0.2) is 4.98 Å². The first-order valence-corrected chi connectivity index (χ1v) is 15.8. The van der Waals surface area contributed by atoms with Gasteiger partial charge in [-0.15, -0.1) is 34.9 Å². The van der Waals surface area contributed by atoms with Crippen LogP contribution in [-0.2, 0) is 22.8 Å². The van der Waals surface area contributed by atoms with E-state index >= 15 is 0 Å². The van der Waals surface area contributed by atoms with Gasteiger partial charge < -0.3 is 4.90 Å². The lowest BCUT2D eigenvalue weighted by Crippen LogP contribution is -2.40. The van der Waals surface area contributed by atoms with Crippen LogP contribution in [0.15, 0.2) is 11.4 Å². The molecule has 0 saturated carbocycles. The number of fused-ring (bicyclic) bond motifs is 1. The normalized spacial score (nSPS) is 17.3. The highest BCUT2D eigenvalue weighted by Crippen LogP contribution is 2.48. The molecule has 1 fully saturated rings. The molecule has 0 aliphatic carbocycles. The third-order valence-corrected chi connectivity index (χ3v) is 11.9. The molecule has 8 heteroatoms. The van der Waals surface area contributed by atoms with Crippen LogP contribution in [-0.4, -0.2) is 38.7 Å². The average Bonchev–Trinajstić information content (AvgIpc) is 3.40. The molecule has 1 amide bonds. The molecule has 192 valence electrons. The molecule has 0 bridgehead atoms. The number of amides is 1. The molecule has 2 aliphatic rings. The van der Waals surface area contributed by atoms with Gasteiger partial charge in [-0.2, -0.15) is 5.10 Å². The molecule has 36 heavy (non-hydrogen) atoms. The van der Waals surface area contributed by atoms with Gasteiger partial charge in [-0.05, 0) is 93.8 Å². The van der Waals surface area contributed by atoms with Crippen LogP contribution < -0.4 is 0 Å². The van der Waals surface area contributed by atoms with E-state index < -0.39 is 0 Å². The maximum Gasteiger partial charge on any atom is 0.244 e. The summed E-state index contributed by atoms with van der Waals surface area (Å²) in [5.74, 6) is 2.74. The van der Waals surface area contributed by atoms with E-state index in [9.17, 15) is 4.79 Å². The van der Waals surface area contributed by atoms with Gasteiger partial charge in [0.25, 0.3) is 0 Å². The molecular weight excluding hydrogens is 505 g/mol. The van der Waals surface area contributed by atoms with E-state index in [0.717, 1.165) is 48.8 Å². The van der Waals surface area contributed by atoms with Crippen molar-refractivity contribution >= 4 is 40.8 Å². The Kier molecular flexibility index (Phi) is 7.57. The number of carbonyl (C=O) groups excluding carboxylic acids is 1. The largest absolute Gasteiger partial charge is 0.341 e. The molecule has 1 saturated heterocycles. The van der Waals surface area contributed by atoms with Crippen molar-refractivity contribution in [2.45, 2.75) is 82.9 Å². The summed E-state index contributed by atoms with van der Waals surface area (Å²) in [5.41, 5.74) is 12.2. The minimum absolute atomic E-state index is 0.168. The van der Waals surface area contributed by atoms with Gasteiger partial charge in [0, 0.05) is 41.6 Å². The van der Waals surface area contributed by atoms with Crippen molar-refractivity contribution < 1.29 is 4.79 Å². The van der Waals surface area contributed by atoms with Crippen LogP contribution in [0.4, 0.5) is 0 Å². The molecule has 0 spiro atoms. The highest BCUT2D eigenvalue weighted by molar-refractivity contribution is 8.15. The molecule has 1 aromatic carbocycles. The Bertz CT molecular complexity index is 1250. The van der Waals surface area contributed by atoms with Crippen molar-refractivity contribution in [2.75, 3.05) is 13.1 Å². The van der Waals surface area contributed by atoms with E-state index in [1.165, 1.54) is 33.0 Å². The zero-order chi connectivity index (χ0) is 25.6. The van der Waals surface area contributed by atoms with E-state index in [-0.39, 0.29) is 5.91 Å². The van der Waals surface area contributed by atoms with E-state index in [0.29, 0.717) is 17.0 Å². The molecule has 4 heterocycles. The predicted molar refractivity (Wildman–Crippen MR) is 153 cm³/mol. The molecule has 2 aliphatic heterocycles. The van der Waals surface area contributed by atoms with Crippen molar-refractivity contribution in [1.29, 1.82) is 0 Å². The van der Waals surface area contributed by atoms with Crippen molar-refractivity contribution in [1.82, 2.24) is 19.7 Å². The monoisotopic (exact) mass is 540 g/mol. The number of aryl methyl sites for hydroxylation is 2.